The molecule has 88 valence electrons. The van der Waals surface area contributed by atoms with Gasteiger partial charge in [0.2, 0.25) is 0 Å². The fraction of sp³-hybridized carbons (Fsp3) is 0.231. The van der Waals surface area contributed by atoms with Crippen molar-refractivity contribution in [1.29, 1.82) is 0 Å². The predicted octanol–water partition coefficient (Wildman–Crippen LogP) is 3.51. The summed E-state index contributed by atoms with van der Waals surface area (Å²) in [6.07, 6.45) is 1.80. The fourth-order valence-electron chi connectivity index (χ4n) is 1.59. The first kappa shape index (κ1) is 11.9. The Balaban J connectivity index is 2.54. The van der Waals surface area contributed by atoms with Crippen LogP contribution in [0.25, 0.3) is 10.9 Å². The van der Waals surface area contributed by atoms with E-state index in [1.165, 1.54) is 6.20 Å². The molecule has 1 heterocycles. The molecular formula is C13H12ClNO2. The van der Waals surface area contributed by atoms with Crippen LogP contribution < -0.4 is 4.74 Å². The van der Waals surface area contributed by atoms with Crippen LogP contribution in [0.1, 0.15) is 18.9 Å². The SMILES string of the molecule is CCC(=O)Oc1cnc2c(C)cccc2c1Cl. The van der Waals surface area contributed by atoms with Gasteiger partial charge in [-0.15, -0.1) is 0 Å². The van der Waals surface area contributed by atoms with Crippen LogP contribution >= 0.6 is 11.6 Å². The number of esters is 1. The van der Waals surface area contributed by atoms with Crippen LogP contribution in [0.3, 0.4) is 0 Å². The van der Waals surface area contributed by atoms with E-state index in [1.54, 1.807) is 6.92 Å². The van der Waals surface area contributed by atoms with Gasteiger partial charge in [0.1, 0.15) is 0 Å². The molecule has 0 radical (unpaired) electrons. The normalized spacial score (nSPS) is 10.5. The number of para-hydroxylation sites is 1. The Labute approximate surface area is 104 Å². The fourth-order valence-corrected chi connectivity index (χ4v) is 1.83. The van der Waals surface area contributed by atoms with Gasteiger partial charge < -0.3 is 4.74 Å². The largest absolute Gasteiger partial charge is 0.423 e. The smallest absolute Gasteiger partial charge is 0.311 e. The number of rotatable bonds is 2. The van der Waals surface area contributed by atoms with Crippen molar-refractivity contribution in [3.05, 3.63) is 35.0 Å². The topological polar surface area (TPSA) is 39.2 Å². The molecule has 1 aromatic carbocycles. The summed E-state index contributed by atoms with van der Waals surface area (Å²) < 4.78 is 5.11. The average molecular weight is 250 g/mol. The monoisotopic (exact) mass is 249 g/mol. The van der Waals surface area contributed by atoms with Crippen molar-refractivity contribution in [2.24, 2.45) is 0 Å². The molecular weight excluding hydrogens is 238 g/mol. The first-order valence-electron chi connectivity index (χ1n) is 5.38. The summed E-state index contributed by atoms with van der Waals surface area (Å²) >= 11 is 6.20. The van der Waals surface area contributed by atoms with Crippen molar-refractivity contribution >= 4 is 28.5 Å². The average Bonchev–Trinajstić information content (AvgIpc) is 2.33. The minimum atomic E-state index is -0.319. The number of benzene rings is 1. The van der Waals surface area contributed by atoms with Gasteiger partial charge in [-0.05, 0) is 12.5 Å². The van der Waals surface area contributed by atoms with Gasteiger partial charge in [-0.2, -0.15) is 0 Å². The zero-order valence-electron chi connectivity index (χ0n) is 9.66. The van der Waals surface area contributed by atoms with E-state index >= 15 is 0 Å². The van der Waals surface area contributed by atoms with Gasteiger partial charge in [0.05, 0.1) is 16.7 Å². The number of hydrogen-bond donors (Lipinski definition) is 0. The zero-order valence-corrected chi connectivity index (χ0v) is 10.4. The Morgan fingerprint density at radius 3 is 2.94 bits per heavy atom. The molecule has 0 atom stereocenters. The molecule has 0 aliphatic rings. The quantitative estimate of drug-likeness (QED) is 0.765. The first-order chi connectivity index (χ1) is 8.13. The number of carbonyl (C=O) groups is 1. The summed E-state index contributed by atoms with van der Waals surface area (Å²) in [5.74, 6) is -0.00248. The van der Waals surface area contributed by atoms with Crippen LogP contribution in [0.5, 0.6) is 5.75 Å². The lowest BCUT2D eigenvalue weighted by atomic mass is 10.1. The molecule has 2 rings (SSSR count). The highest BCUT2D eigenvalue weighted by Gasteiger charge is 2.11. The van der Waals surface area contributed by atoms with E-state index in [1.807, 2.05) is 25.1 Å². The molecule has 0 spiro atoms. The predicted molar refractivity (Wildman–Crippen MR) is 67.4 cm³/mol. The minimum absolute atomic E-state index is 0.308. The summed E-state index contributed by atoms with van der Waals surface area (Å²) in [7, 11) is 0. The molecule has 0 amide bonds. The van der Waals surface area contributed by atoms with E-state index in [-0.39, 0.29) is 5.97 Å². The summed E-state index contributed by atoms with van der Waals surface area (Å²) in [5, 5.41) is 1.23. The second-order valence-corrected chi connectivity index (χ2v) is 4.11. The molecule has 0 bridgehead atoms. The first-order valence-corrected chi connectivity index (χ1v) is 5.75. The molecule has 1 aromatic heterocycles. The second kappa shape index (κ2) is 4.72. The molecule has 17 heavy (non-hydrogen) atoms. The molecule has 3 nitrogen and oxygen atoms in total. The number of fused-ring (bicyclic) bond motifs is 1. The van der Waals surface area contributed by atoms with Crippen molar-refractivity contribution in [2.75, 3.05) is 0 Å². The standard InChI is InChI=1S/C13H12ClNO2/c1-3-11(16)17-10-7-15-13-8(2)5-4-6-9(13)12(10)14/h4-7H,3H2,1-2H3. The van der Waals surface area contributed by atoms with Gasteiger partial charge in [-0.25, -0.2) is 0 Å². The maximum absolute atomic E-state index is 11.2. The highest BCUT2D eigenvalue weighted by Crippen LogP contribution is 2.32. The third kappa shape index (κ3) is 2.24. The maximum atomic E-state index is 11.2. The Morgan fingerprint density at radius 1 is 1.47 bits per heavy atom. The zero-order chi connectivity index (χ0) is 12.4. The van der Waals surface area contributed by atoms with E-state index in [0.29, 0.717) is 17.2 Å². The highest BCUT2D eigenvalue weighted by molar-refractivity contribution is 6.37. The molecule has 2 aromatic rings. The molecule has 0 unspecified atom stereocenters. The number of hydrogen-bond acceptors (Lipinski definition) is 3. The summed E-state index contributed by atoms with van der Waals surface area (Å²) in [6, 6.07) is 5.72. The summed E-state index contributed by atoms with van der Waals surface area (Å²) in [6.45, 7) is 3.69. The van der Waals surface area contributed by atoms with E-state index in [9.17, 15) is 4.79 Å². The van der Waals surface area contributed by atoms with Crippen molar-refractivity contribution < 1.29 is 9.53 Å². The second-order valence-electron chi connectivity index (χ2n) is 3.74. The van der Waals surface area contributed by atoms with Gasteiger partial charge in [-0.1, -0.05) is 36.7 Å². The van der Waals surface area contributed by atoms with Crippen molar-refractivity contribution in [1.82, 2.24) is 4.98 Å². The van der Waals surface area contributed by atoms with E-state index < -0.39 is 0 Å². The number of aromatic nitrogens is 1. The Morgan fingerprint density at radius 2 is 2.24 bits per heavy atom. The van der Waals surface area contributed by atoms with Gasteiger partial charge in [-0.3, -0.25) is 9.78 Å². The molecule has 0 saturated heterocycles. The van der Waals surface area contributed by atoms with Crippen molar-refractivity contribution in [2.45, 2.75) is 20.3 Å². The summed E-state index contributed by atoms with van der Waals surface area (Å²) in [5.41, 5.74) is 1.87. The van der Waals surface area contributed by atoms with Gasteiger partial charge in [0.25, 0.3) is 0 Å². The van der Waals surface area contributed by atoms with Crippen LogP contribution in [0.4, 0.5) is 0 Å². The lowest BCUT2D eigenvalue weighted by Crippen LogP contribution is -2.06. The third-order valence-electron chi connectivity index (χ3n) is 2.51. The molecule has 0 aliphatic carbocycles. The highest BCUT2D eigenvalue weighted by atomic mass is 35.5. The van der Waals surface area contributed by atoms with E-state index in [4.69, 9.17) is 16.3 Å². The Kier molecular flexibility index (Phi) is 3.29. The molecule has 0 N–H and O–H groups in total. The van der Waals surface area contributed by atoms with Crippen LogP contribution in [-0.4, -0.2) is 11.0 Å². The van der Waals surface area contributed by atoms with Crippen molar-refractivity contribution in [3.8, 4) is 5.75 Å². The maximum Gasteiger partial charge on any atom is 0.311 e. The minimum Gasteiger partial charge on any atom is -0.423 e. The molecule has 0 saturated carbocycles. The van der Waals surface area contributed by atoms with Gasteiger partial charge in [0.15, 0.2) is 5.75 Å². The van der Waals surface area contributed by atoms with Gasteiger partial charge in [0, 0.05) is 11.8 Å². The number of nitrogens with zero attached hydrogens (tertiary/aromatic N) is 1. The number of halogens is 1. The number of ether oxygens (including phenoxy) is 1. The molecule has 0 aliphatic heterocycles. The Hall–Kier alpha value is -1.61. The molecule has 0 fully saturated rings. The van der Waals surface area contributed by atoms with E-state index in [0.717, 1.165) is 16.5 Å². The Bertz CT molecular complexity index is 581. The lowest BCUT2D eigenvalue weighted by Gasteiger charge is -2.08. The van der Waals surface area contributed by atoms with Crippen LogP contribution in [0.15, 0.2) is 24.4 Å². The van der Waals surface area contributed by atoms with Gasteiger partial charge >= 0.3 is 5.97 Å². The van der Waals surface area contributed by atoms with Crippen molar-refractivity contribution in [3.63, 3.8) is 0 Å². The van der Waals surface area contributed by atoms with E-state index in [2.05, 4.69) is 4.98 Å². The number of pyridine rings is 1. The number of aryl methyl sites for hydroxylation is 1. The summed E-state index contributed by atoms with van der Waals surface area (Å²) in [4.78, 5) is 15.5. The van der Waals surface area contributed by atoms with Crippen LogP contribution in [0.2, 0.25) is 5.02 Å². The lowest BCUT2D eigenvalue weighted by molar-refractivity contribution is -0.134. The number of carbonyl (C=O) groups excluding carboxylic acids is 1. The van der Waals surface area contributed by atoms with Crippen LogP contribution in [0, 0.1) is 6.92 Å². The molecule has 4 heteroatoms. The third-order valence-corrected chi connectivity index (χ3v) is 2.90. The van der Waals surface area contributed by atoms with Crippen LogP contribution in [-0.2, 0) is 4.79 Å².